The van der Waals surface area contributed by atoms with Crippen LogP contribution < -0.4 is 5.76 Å². The van der Waals surface area contributed by atoms with Crippen LogP contribution in [0, 0.1) is 0 Å². The Balaban J connectivity index is 2.00. The van der Waals surface area contributed by atoms with Crippen molar-refractivity contribution in [2.75, 3.05) is 13.1 Å². The van der Waals surface area contributed by atoms with E-state index in [1.807, 2.05) is 0 Å². The third-order valence-electron chi connectivity index (χ3n) is 4.38. The molecule has 8 heteroatoms. The number of fused-ring (bicyclic) bond motifs is 1. The molecule has 0 aliphatic rings. The van der Waals surface area contributed by atoms with E-state index in [1.165, 1.54) is 27.1 Å². The van der Waals surface area contributed by atoms with Crippen LogP contribution in [0.2, 0.25) is 0 Å². The van der Waals surface area contributed by atoms with Gasteiger partial charge in [-0.1, -0.05) is 44.2 Å². The molecule has 7 nitrogen and oxygen atoms in total. The minimum absolute atomic E-state index is 0.0500. The van der Waals surface area contributed by atoms with Crippen LogP contribution in [-0.2, 0) is 16.6 Å². The van der Waals surface area contributed by atoms with Crippen molar-refractivity contribution >= 4 is 26.9 Å². The second-order valence-electron chi connectivity index (χ2n) is 5.96. The molecule has 1 heterocycles. The molecule has 27 heavy (non-hydrogen) atoms. The lowest BCUT2D eigenvalue weighted by Gasteiger charge is -2.18. The summed E-state index contributed by atoms with van der Waals surface area (Å²) in [6.45, 7) is 4.01. The van der Waals surface area contributed by atoms with Crippen LogP contribution in [0.1, 0.15) is 24.2 Å². The Morgan fingerprint density at radius 2 is 1.74 bits per heavy atom. The molecule has 1 aromatic heterocycles. The molecular formula is C19H20N2O5S. The number of carbonyl (C=O) groups is 1. The van der Waals surface area contributed by atoms with Crippen LogP contribution in [0.3, 0.4) is 0 Å². The van der Waals surface area contributed by atoms with Gasteiger partial charge in [-0.3, -0.25) is 9.36 Å². The highest BCUT2D eigenvalue weighted by Gasteiger charge is 2.23. The average molecular weight is 388 g/mol. The first kappa shape index (κ1) is 19.1. The summed E-state index contributed by atoms with van der Waals surface area (Å²) in [5, 5.41) is 0. The number of hydrogen-bond donors (Lipinski definition) is 0. The molecular weight excluding hydrogens is 368 g/mol. The highest BCUT2D eigenvalue weighted by Crippen LogP contribution is 2.22. The number of rotatable bonds is 7. The molecule has 142 valence electrons. The largest absolute Gasteiger partial charge is 0.420 e. The van der Waals surface area contributed by atoms with Gasteiger partial charge in [0.2, 0.25) is 10.0 Å². The molecule has 3 rings (SSSR count). The van der Waals surface area contributed by atoms with Gasteiger partial charge >= 0.3 is 5.76 Å². The Labute approximate surface area is 156 Å². The summed E-state index contributed by atoms with van der Waals surface area (Å²) in [6, 6.07) is 12.9. The Kier molecular flexibility index (Phi) is 5.29. The van der Waals surface area contributed by atoms with Gasteiger partial charge in [-0.25, -0.2) is 13.2 Å². The molecule has 0 N–H and O–H groups in total. The molecule has 0 unspecified atom stereocenters. The van der Waals surface area contributed by atoms with Crippen molar-refractivity contribution < 1.29 is 17.6 Å². The molecule has 0 aliphatic carbocycles. The minimum Gasteiger partial charge on any atom is -0.408 e. The maximum atomic E-state index is 12.6. The zero-order valence-electron chi connectivity index (χ0n) is 15.1. The first-order valence-corrected chi connectivity index (χ1v) is 10.0. The number of Topliss-reactive ketones (excluding diaryl/α,β-unsaturated/α-hetero) is 1. The second-order valence-corrected chi connectivity index (χ2v) is 7.90. The molecule has 0 amide bonds. The minimum atomic E-state index is -3.67. The molecule has 0 bridgehead atoms. The normalized spacial score (nSPS) is 12.0. The van der Waals surface area contributed by atoms with E-state index in [0.717, 1.165) is 0 Å². The summed E-state index contributed by atoms with van der Waals surface area (Å²) in [5.74, 6) is -0.938. The Morgan fingerprint density at radius 1 is 1.07 bits per heavy atom. The van der Waals surface area contributed by atoms with E-state index >= 15 is 0 Å². The molecule has 0 aliphatic heterocycles. The number of hydrogen-bond acceptors (Lipinski definition) is 5. The predicted molar refractivity (Wildman–Crippen MR) is 101 cm³/mol. The van der Waals surface area contributed by atoms with Crippen molar-refractivity contribution in [2.24, 2.45) is 0 Å². The SMILES string of the molecule is CCN(CC)S(=O)(=O)c1ccc2c(c1)oc(=O)n2CC(=O)c1ccccc1. The molecule has 0 saturated heterocycles. The third kappa shape index (κ3) is 3.58. The molecule has 0 fully saturated rings. The fourth-order valence-electron chi connectivity index (χ4n) is 2.93. The number of sulfonamides is 1. The van der Waals surface area contributed by atoms with Crippen LogP contribution in [0.15, 0.2) is 62.6 Å². The summed E-state index contributed by atoms with van der Waals surface area (Å²) < 4.78 is 33.0. The number of benzene rings is 2. The number of aromatic nitrogens is 1. The lowest BCUT2D eigenvalue weighted by molar-refractivity contribution is 0.0970. The van der Waals surface area contributed by atoms with Gasteiger partial charge in [0.05, 0.1) is 17.0 Å². The summed E-state index contributed by atoms with van der Waals surface area (Å²) >= 11 is 0. The van der Waals surface area contributed by atoms with Crippen LogP contribution in [0.4, 0.5) is 0 Å². The van der Waals surface area contributed by atoms with Gasteiger partial charge in [0.15, 0.2) is 11.4 Å². The average Bonchev–Trinajstić information content (AvgIpc) is 2.97. The number of carbonyl (C=O) groups excluding carboxylic acids is 1. The van der Waals surface area contributed by atoms with E-state index in [-0.39, 0.29) is 22.8 Å². The quantitative estimate of drug-likeness (QED) is 0.580. The maximum absolute atomic E-state index is 12.6. The summed E-state index contributed by atoms with van der Waals surface area (Å²) in [4.78, 5) is 24.6. The molecule has 0 radical (unpaired) electrons. The molecule has 0 atom stereocenters. The van der Waals surface area contributed by atoms with Gasteiger partial charge in [-0.05, 0) is 12.1 Å². The summed E-state index contributed by atoms with van der Waals surface area (Å²) in [7, 11) is -3.67. The smallest absolute Gasteiger partial charge is 0.408 e. The van der Waals surface area contributed by atoms with Crippen LogP contribution in [-0.4, -0.2) is 36.2 Å². The van der Waals surface area contributed by atoms with E-state index in [0.29, 0.717) is 24.2 Å². The number of ketones is 1. The summed E-state index contributed by atoms with van der Waals surface area (Å²) in [6.07, 6.45) is 0. The first-order chi connectivity index (χ1) is 12.9. The second kappa shape index (κ2) is 7.50. The summed E-state index contributed by atoms with van der Waals surface area (Å²) in [5.41, 5.74) is 0.997. The van der Waals surface area contributed by atoms with Crippen molar-refractivity contribution in [3.8, 4) is 0 Å². The fourth-order valence-corrected chi connectivity index (χ4v) is 4.40. The molecule has 0 saturated carbocycles. The maximum Gasteiger partial charge on any atom is 0.420 e. The lowest BCUT2D eigenvalue weighted by Crippen LogP contribution is -2.30. The van der Waals surface area contributed by atoms with Crippen LogP contribution >= 0.6 is 0 Å². The van der Waals surface area contributed by atoms with Gasteiger partial charge in [0.25, 0.3) is 0 Å². The fraction of sp³-hybridized carbons (Fsp3) is 0.263. The van der Waals surface area contributed by atoms with Crippen molar-refractivity contribution in [1.29, 1.82) is 0 Å². The van der Waals surface area contributed by atoms with Gasteiger partial charge < -0.3 is 4.42 Å². The van der Waals surface area contributed by atoms with E-state index in [2.05, 4.69) is 0 Å². The molecule has 3 aromatic rings. The predicted octanol–water partition coefficient (Wildman–Crippen LogP) is 2.51. The van der Waals surface area contributed by atoms with Crippen molar-refractivity contribution in [2.45, 2.75) is 25.3 Å². The van der Waals surface area contributed by atoms with E-state index in [9.17, 15) is 18.0 Å². The Bertz CT molecular complexity index is 1130. The van der Waals surface area contributed by atoms with E-state index in [4.69, 9.17) is 4.42 Å². The standard InChI is InChI=1S/C19H20N2O5S/c1-3-20(4-2)27(24,25)15-10-11-16-18(12-15)26-19(23)21(16)13-17(22)14-8-6-5-7-9-14/h5-12H,3-4,13H2,1-2H3. The highest BCUT2D eigenvalue weighted by molar-refractivity contribution is 7.89. The first-order valence-electron chi connectivity index (χ1n) is 8.60. The monoisotopic (exact) mass is 388 g/mol. The topological polar surface area (TPSA) is 89.6 Å². The van der Waals surface area contributed by atoms with E-state index < -0.39 is 15.8 Å². The highest BCUT2D eigenvalue weighted by atomic mass is 32.2. The zero-order chi connectivity index (χ0) is 19.6. The van der Waals surface area contributed by atoms with Gasteiger partial charge in [0.1, 0.15) is 0 Å². The number of nitrogens with zero attached hydrogens (tertiary/aromatic N) is 2. The Morgan fingerprint density at radius 3 is 2.37 bits per heavy atom. The van der Waals surface area contributed by atoms with Crippen LogP contribution in [0.5, 0.6) is 0 Å². The van der Waals surface area contributed by atoms with Gasteiger partial charge in [0, 0.05) is 24.7 Å². The molecule has 0 spiro atoms. The number of oxazole rings is 1. The van der Waals surface area contributed by atoms with Crippen molar-refractivity contribution in [3.05, 3.63) is 64.6 Å². The lowest BCUT2D eigenvalue weighted by atomic mass is 10.1. The third-order valence-corrected chi connectivity index (χ3v) is 6.43. The van der Waals surface area contributed by atoms with Gasteiger partial charge in [-0.15, -0.1) is 0 Å². The Hall–Kier alpha value is -2.71. The van der Waals surface area contributed by atoms with Gasteiger partial charge in [-0.2, -0.15) is 4.31 Å². The van der Waals surface area contributed by atoms with E-state index in [1.54, 1.807) is 44.2 Å². The van der Waals surface area contributed by atoms with Crippen molar-refractivity contribution in [1.82, 2.24) is 8.87 Å². The van der Waals surface area contributed by atoms with Crippen molar-refractivity contribution in [3.63, 3.8) is 0 Å². The zero-order valence-corrected chi connectivity index (χ0v) is 15.9. The molecule has 2 aromatic carbocycles. The van der Waals surface area contributed by atoms with Crippen LogP contribution in [0.25, 0.3) is 11.1 Å².